The van der Waals surface area contributed by atoms with Crippen LogP contribution in [-0.4, -0.2) is 80.9 Å². The molecular formula is C21H41NO7S2. The van der Waals surface area contributed by atoms with Crippen molar-refractivity contribution in [2.75, 3.05) is 43.9 Å². The van der Waals surface area contributed by atoms with Gasteiger partial charge in [0.15, 0.2) is 9.84 Å². The van der Waals surface area contributed by atoms with Crippen molar-refractivity contribution in [1.29, 1.82) is 0 Å². The van der Waals surface area contributed by atoms with Crippen LogP contribution in [0.2, 0.25) is 0 Å². The molecule has 10 heteroatoms. The van der Waals surface area contributed by atoms with Crippen molar-refractivity contribution in [3.8, 4) is 0 Å². The SMILES string of the molecule is CCCCCCCCCCCC[N+]1(C)CC(CS(=O)(=O)[O-])C(CS(=O)(=O)CC(=O)O)C1. The van der Waals surface area contributed by atoms with E-state index in [1.165, 1.54) is 44.9 Å². The normalized spacial score (nSPS) is 24.5. The van der Waals surface area contributed by atoms with Gasteiger partial charge in [-0.3, -0.25) is 4.79 Å². The van der Waals surface area contributed by atoms with Crippen LogP contribution in [0.25, 0.3) is 0 Å². The highest BCUT2D eigenvalue weighted by atomic mass is 32.2. The quantitative estimate of drug-likeness (QED) is 0.191. The van der Waals surface area contributed by atoms with Gasteiger partial charge in [-0.25, -0.2) is 16.8 Å². The first kappa shape index (κ1) is 28.3. The Morgan fingerprint density at radius 3 is 1.77 bits per heavy atom. The predicted octanol–water partition coefficient (Wildman–Crippen LogP) is 2.64. The van der Waals surface area contributed by atoms with Crippen molar-refractivity contribution in [3.63, 3.8) is 0 Å². The maximum absolute atomic E-state index is 12.1. The molecular weight excluding hydrogens is 442 g/mol. The summed E-state index contributed by atoms with van der Waals surface area (Å²) in [7, 11) is -6.36. The first-order chi connectivity index (χ1) is 14.4. The summed E-state index contributed by atoms with van der Waals surface area (Å²) < 4.78 is 58.8. The number of carboxylic acid groups (broad SMARTS) is 1. The van der Waals surface area contributed by atoms with E-state index in [1.54, 1.807) is 0 Å². The number of hydrogen-bond acceptors (Lipinski definition) is 6. The lowest BCUT2D eigenvalue weighted by Crippen LogP contribution is -2.43. The van der Waals surface area contributed by atoms with Gasteiger partial charge in [0.25, 0.3) is 0 Å². The fraction of sp³-hybridized carbons (Fsp3) is 0.952. The minimum atomic E-state index is -4.48. The van der Waals surface area contributed by atoms with Crippen LogP contribution in [-0.2, 0) is 24.7 Å². The third-order valence-corrected chi connectivity index (χ3v) is 8.76. The maximum atomic E-state index is 12.1. The Kier molecular flexibility index (Phi) is 12.0. The summed E-state index contributed by atoms with van der Waals surface area (Å²) in [5, 5.41) is 8.81. The molecule has 1 heterocycles. The van der Waals surface area contributed by atoms with E-state index < -0.39 is 49.3 Å². The van der Waals surface area contributed by atoms with E-state index >= 15 is 0 Å². The summed E-state index contributed by atoms with van der Waals surface area (Å²) in [5.41, 5.74) is 0. The van der Waals surface area contributed by atoms with E-state index in [2.05, 4.69) is 6.92 Å². The molecule has 1 N–H and O–H groups in total. The molecule has 31 heavy (non-hydrogen) atoms. The summed E-state index contributed by atoms with van der Waals surface area (Å²) in [6, 6.07) is 0. The van der Waals surface area contributed by atoms with Crippen LogP contribution in [0.3, 0.4) is 0 Å². The molecule has 0 amide bonds. The lowest BCUT2D eigenvalue weighted by atomic mass is 10.0. The van der Waals surface area contributed by atoms with Crippen LogP contribution in [0.15, 0.2) is 0 Å². The number of nitrogens with zero attached hydrogens (tertiary/aromatic N) is 1. The first-order valence-electron chi connectivity index (χ1n) is 11.5. The molecule has 0 bridgehead atoms. The molecule has 1 fully saturated rings. The zero-order valence-electron chi connectivity index (χ0n) is 19.1. The predicted molar refractivity (Wildman–Crippen MR) is 120 cm³/mol. The average Bonchev–Trinajstić information content (AvgIpc) is 2.88. The smallest absolute Gasteiger partial charge is 0.318 e. The number of quaternary nitrogens is 1. The zero-order chi connectivity index (χ0) is 23.5. The monoisotopic (exact) mass is 483 g/mol. The van der Waals surface area contributed by atoms with E-state index in [0.717, 1.165) is 25.8 Å². The highest BCUT2D eigenvalue weighted by Crippen LogP contribution is 2.31. The molecule has 0 aromatic carbocycles. The summed E-state index contributed by atoms with van der Waals surface area (Å²) in [4.78, 5) is 10.8. The van der Waals surface area contributed by atoms with Crippen LogP contribution in [0.5, 0.6) is 0 Å². The number of carboxylic acids is 1. The summed E-state index contributed by atoms with van der Waals surface area (Å²) in [6.07, 6.45) is 12.1. The number of hydrogen-bond donors (Lipinski definition) is 1. The van der Waals surface area contributed by atoms with Gasteiger partial charge in [0, 0.05) is 17.6 Å². The van der Waals surface area contributed by atoms with Crippen molar-refractivity contribution in [2.24, 2.45) is 11.8 Å². The Balaban J connectivity index is 2.50. The second-order valence-corrected chi connectivity index (χ2v) is 13.1. The Bertz CT molecular complexity index is 752. The Morgan fingerprint density at radius 2 is 1.32 bits per heavy atom. The van der Waals surface area contributed by atoms with Gasteiger partial charge in [-0.1, -0.05) is 58.3 Å². The standard InChI is InChI=1S/C21H41NO7S2/c1-3-4-5-6-7-8-9-10-11-12-13-22(2)14-19(16-30(25,26)18-21(23)24)20(15-22)17-31(27,28)29/h19-20H,3-18H2,1-2H3,(H-,23,24,27,28,29). The molecule has 0 aromatic rings. The highest BCUT2D eigenvalue weighted by molar-refractivity contribution is 7.92. The minimum Gasteiger partial charge on any atom is -0.748 e. The number of sulfone groups is 1. The summed E-state index contributed by atoms with van der Waals surface area (Å²) in [6.45, 7) is 3.91. The number of likely N-dealkylation sites (tertiary alicyclic amines) is 1. The minimum absolute atomic E-state index is 0.384. The van der Waals surface area contributed by atoms with E-state index in [1.807, 2.05) is 7.05 Å². The molecule has 0 aromatic heterocycles. The average molecular weight is 484 g/mol. The number of aliphatic carboxylic acids is 1. The van der Waals surface area contributed by atoms with Gasteiger partial charge < -0.3 is 14.1 Å². The number of unbranched alkanes of at least 4 members (excludes halogenated alkanes) is 9. The molecule has 3 atom stereocenters. The van der Waals surface area contributed by atoms with Gasteiger partial charge in [-0.05, 0) is 12.8 Å². The topological polar surface area (TPSA) is 129 Å². The summed E-state index contributed by atoms with van der Waals surface area (Å²) >= 11 is 0. The third kappa shape index (κ3) is 12.8. The van der Waals surface area contributed by atoms with E-state index in [-0.39, 0.29) is 5.75 Å². The van der Waals surface area contributed by atoms with Crippen LogP contribution in [0.1, 0.15) is 71.1 Å². The lowest BCUT2D eigenvalue weighted by molar-refractivity contribution is -0.900. The van der Waals surface area contributed by atoms with Crippen LogP contribution in [0.4, 0.5) is 0 Å². The first-order valence-corrected chi connectivity index (χ1v) is 14.9. The molecule has 1 aliphatic heterocycles. The number of rotatable bonds is 17. The number of carbonyl (C=O) groups is 1. The van der Waals surface area contributed by atoms with Crippen LogP contribution < -0.4 is 0 Å². The largest absolute Gasteiger partial charge is 0.748 e. The molecule has 1 aliphatic rings. The van der Waals surface area contributed by atoms with Gasteiger partial charge in [0.2, 0.25) is 0 Å². The van der Waals surface area contributed by atoms with Crippen molar-refractivity contribution in [3.05, 3.63) is 0 Å². The van der Waals surface area contributed by atoms with Gasteiger partial charge >= 0.3 is 5.97 Å². The molecule has 0 aliphatic carbocycles. The maximum Gasteiger partial charge on any atom is 0.318 e. The van der Waals surface area contributed by atoms with Gasteiger partial charge in [0.05, 0.1) is 42.6 Å². The Morgan fingerprint density at radius 1 is 0.871 bits per heavy atom. The molecule has 8 nitrogen and oxygen atoms in total. The van der Waals surface area contributed by atoms with E-state index in [9.17, 15) is 26.2 Å². The Labute approximate surface area is 188 Å². The van der Waals surface area contributed by atoms with Crippen molar-refractivity contribution in [2.45, 2.75) is 71.1 Å². The lowest BCUT2D eigenvalue weighted by Gasteiger charge is -2.30. The molecule has 1 rings (SSSR count). The second-order valence-electron chi connectivity index (χ2n) is 9.58. The van der Waals surface area contributed by atoms with Gasteiger partial charge in [0.1, 0.15) is 5.75 Å². The van der Waals surface area contributed by atoms with Gasteiger partial charge in [-0.15, -0.1) is 0 Å². The fourth-order valence-corrected chi connectivity index (χ4v) is 7.31. The Hall–Kier alpha value is -0.710. The van der Waals surface area contributed by atoms with E-state index in [0.29, 0.717) is 17.6 Å². The molecule has 0 spiro atoms. The molecule has 3 unspecified atom stereocenters. The van der Waals surface area contributed by atoms with Crippen molar-refractivity contribution < 1.29 is 35.8 Å². The van der Waals surface area contributed by atoms with Crippen molar-refractivity contribution in [1.82, 2.24) is 0 Å². The fourth-order valence-electron chi connectivity index (χ4n) is 4.88. The summed E-state index contributed by atoms with van der Waals surface area (Å²) in [5.74, 6) is -4.44. The zero-order valence-corrected chi connectivity index (χ0v) is 20.8. The van der Waals surface area contributed by atoms with E-state index in [4.69, 9.17) is 5.11 Å². The molecule has 1 saturated heterocycles. The molecule has 0 radical (unpaired) electrons. The second kappa shape index (κ2) is 13.1. The van der Waals surface area contributed by atoms with Crippen LogP contribution in [0, 0.1) is 11.8 Å². The molecule has 0 saturated carbocycles. The van der Waals surface area contributed by atoms with Gasteiger partial charge in [-0.2, -0.15) is 0 Å². The van der Waals surface area contributed by atoms with Crippen molar-refractivity contribution >= 4 is 25.9 Å². The third-order valence-electron chi connectivity index (χ3n) is 6.30. The van der Waals surface area contributed by atoms with Crippen LogP contribution >= 0.6 is 0 Å². The highest BCUT2D eigenvalue weighted by Gasteiger charge is 2.44. The molecule has 184 valence electrons.